The number of carboxylic acid groups (broad SMARTS) is 1. The Hall–Kier alpha value is -4.83. The number of amidine groups is 1. The first-order chi connectivity index (χ1) is 17.7. The van der Waals surface area contributed by atoms with Gasteiger partial charge in [0.1, 0.15) is 23.1 Å². The van der Waals surface area contributed by atoms with E-state index in [9.17, 15) is 18.3 Å². The van der Waals surface area contributed by atoms with Gasteiger partial charge in [0, 0.05) is 16.8 Å². The van der Waals surface area contributed by atoms with E-state index in [0.29, 0.717) is 33.9 Å². The van der Waals surface area contributed by atoms with Gasteiger partial charge in [-0.05, 0) is 78.4 Å². The lowest BCUT2D eigenvalue weighted by Crippen LogP contribution is -2.13. The normalized spacial score (nSPS) is 10.9. The molecule has 0 saturated heterocycles. The third-order valence-electron chi connectivity index (χ3n) is 5.44. The Bertz CT molecular complexity index is 1570. The van der Waals surface area contributed by atoms with Gasteiger partial charge in [-0.1, -0.05) is 18.2 Å². The lowest BCUT2D eigenvalue weighted by Gasteiger charge is -2.16. The van der Waals surface area contributed by atoms with E-state index in [-0.39, 0.29) is 22.0 Å². The average molecular weight is 518 g/mol. The van der Waals surface area contributed by atoms with E-state index in [2.05, 4.69) is 4.72 Å². The average Bonchev–Trinajstić information content (AvgIpc) is 2.89. The van der Waals surface area contributed by atoms with Crippen molar-refractivity contribution in [2.75, 3.05) is 11.8 Å². The Balaban J connectivity index is 1.76. The fourth-order valence-electron chi connectivity index (χ4n) is 3.60. The molecule has 0 fully saturated rings. The van der Waals surface area contributed by atoms with Crippen molar-refractivity contribution in [3.8, 4) is 28.4 Å². The molecule has 0 aliphatic carbocycles. The molecule has 5 N–H and O–H groups in total. The Kier molecular flexibility index (Phi) is 7.12. The van der Waals surface area contributed by atoms with Crippen LogP contribution in [-0.4, -0.2) is 32.4 Å². The SMILES string of the molecule is COc1ccc(S(=O)(=O)Nc2ccc(Oc3ccc(C(=N)N)cc3)c(-c3ccccc3C(=O)O)c2)cc1. The van der Waals surface area contributed by atoms with Crippen LogP contribution >= 0.6 is 0 Å². The highest BCUT2D eigenvalue weighted by molar-refractivity contribution is 7.92. The zero-order valence-corrected chi connectivity index (χ0v) is 20.5. The molecule has 0 radical (unpaired) electrons. The number of hydrogen-bond donors (Lipinski definition) is 4. The lowest BCUT2D eigenvalue weighted by molar-refractivity contribution is 0.0697. The molecule has 0 aromatic heterocycles. The van der Waals surface area contributed by atoms with E-state index >= 15 is 0 Å². The van der Waals surface area contributed by atoms with E-state index in [4.69, 9.17) is 20.6 Å². The quantitative estimate of drug-likeness (QED) is 0.181. The van der Waals surface area contributed by atoms with E-state index in [0.717, 1.165) is 0 Å². The van der Waals surface area contributed by atoms with Crippen molar-refractivity contribution in [2.45, 2.75) is 4.90 Å². The summed E-state index contributed by atoms with van der Waals surface area (Å²) in [6.45, 7) is 0. The third kappa shape index (κ3) is 5.71. The predicted octanol–water partition coefficient (Wildman–Crippen LogP) is 4.94. The first kappa shape index (κ1) is 25.3. The van der Waals surface area contributed by atoms with Gasteiger partial charge in [0.2, 0.25) is 0 Å². The number of carbonyl (C=O) groups is 1. The molecule has 4 aromatic rings. The lowest BCUT2D eigenvalue weighted by atomic mass is 9.98. The van der Waals surface area contributed by atoms with Crippen molar-refractivity contribution < 1.29 is 27.8 Å². The van der Waals surface area contributed by atoms with E-state index < -0.39 is 16.0 Å². The second-order valence-corrected chi connectivity index (χ2v) is 9.57. The maximum absolute atomic E-state index is 13.0. The molecular formula is C27H23N3O6S. The van der Waals surface area contributed by atoms with Crippen LogP contribution in [0.5, 0.6) is 17.2 Å². The molecule has 0 aliphatic heterocycles. The molecule has 0 bridgehead atoms. The summed E-state index contributed by atoms with van der Waals surface area (Å²) >= 11 is 0. The third-order valence-corrected chi connectivity index (χ3v) is 6.84. The summed E-state index contributed by atoms with van der Waals surface area (Å²) in [4.78, 5) is 12.0. The highest BCUT2D eigenvalue weighted by Crippen LogP contribution is 2.38. The molecule has 0 unspecified atom stereocenters. The summed E-state index contributed by atoms with van der Waals surface area (Å²) in [5.74, 6) is 0.0133. The zero-order chi connectivity index (χ0) is 26.6. The number of rotatable bonds is 9. The molecule has 188 valence electrons. The van der Waals surface area contributed by atoms with Gasteiger partial charge in [-0.3, -0.25) is 10.1 Å². The predicted molar refractivity (Wildman–Crippen MR) is 140 cm³/mol. The van der Waals surface area contributed by atoms with Gasteiger partial charge in [-0.15, -0.1) is 0 Å². The van der Waals surface area contributed by atoms with Crippen LogP contribution in [0.25, 0.3) is 11.1 Å². The van der Waals surface area contributed by atoms with Crippen molar-refractivity contribution in [2.24, 2.45) is 5.73 Å². The van der Waals surface area contributed by atoms with Gasteiger partial charge in [0.05, 0.1) is 17.6 Å². The fourth-order valence-corrected chi connectivity index (χ4v) is 4.65. The maximum Gasteiger partial charge on any atom is 0.336 e. The van der Waals surface area contributed by atoms with Crippen LogP contribution in [0.2, 0.25) is 0 Å². The van der Waals surface area contributed by atoms with Crippen molar-refractivity contribution in [1.82, 2.24) is 0 Å². The molecule has 4 rings (SSSR count). The fraction of sp³-hybridized carbons (Fsp3) is 0.0370. The molecular weight excluding hydrogens is 494 g/mol. The summed E-state index contributed by atoms with van der Waals surface area (Å²) in [6.07, 6.45) is 0. The number of hydrogen-bond acceptors (Lipinski definition) is 6. The Morgan fingerprint density at radius 2 is 1.54 bits per heavy atom. The van der Waals surface area contributed by atoms with E-state index in [1.54, 1.807) is 48.5 Å². The van der Waals surface area contributed by atoms with Crippen LogP contribution in [-0.2, 0) is 10.0 Å². The number of methoxy groups -OCH3 is 1. The molecule has 4 aromatic carbocycles. The number of ether oxygens (including phenoxy) is 2. The summed E-state index contributed by atoms with van der Waals surface area (Å²) in [5, 5.41) is 17.3. The molecule has 10 heteroatoms. The molecule has 0 aliphatic rings. The zero-order valence-electron chi connectivity index (χ0n) is 19.6. The van der Waals surface area contributed by atoms with E-state index in [1.165, 1.54) is 49.6 Å². The highest BCUT2D eigenvalue weighted by atomic mass is 32.2. The molecule has 0 amide bonds. The van der Waals surface area contributed by atoms with Gasteiger partial charge in [-0.25, -0.2) is 13.2 Å². The summed E-state index contributed by atoms with van der Waals surface area (Å²) in [6, 6.07) is 23.4. The summed E-state index contributed by atoms with van der Waals surface area (Å²) in [7, 11) is -2.46. The van der Waals surface area contributed by atoms with Crippen LogP contribution in [0.3, 0.4) is 0 Å². The topological polar surface area (TPSA) is 152 Å². The smallest absolute Gasteiger partial charge is 0.336 e. The number of benzene rings is 4. The van der Waals surface area contributed by atoms with Crippen LogP contribution in [0.4, 0.5) is 5.69 Å². The van der Waals surface area contributed by atoms with Crippen molar-refractivity contribution in [1.29, 1.82) is 5.41 Å². The molecule has 0 atom stereocenters. The summed E-state index contributed by atoms with van der Waals surface area (Å²) < 4.78 is 39.6. The van der Waals surface area contributed by atoms with Gasteiger partial charge < -0.3 is 20.3 Å². The minimum absolute atomic E-state index is 0.0226. The monoisotopic (exact) mass is 517 g/mol. The molecule has 9 nitrogen and oxygen atoms in total. The Morgan fingerprint density at radius 1 is 0.892 bits per heavy atom. The van der Waals surface area contributed by atoms with Crippen LogP contribution in [0, 0.1) is 5.41 Å². The number of aromatic carboxylic acids is 1. The van der Waals surface area contributed by atoms with Crippen LogP contribution < -0.4 is 19.9 Å². The molecule has 37 heavy (non-hydrogen) atoms. The number of nitrogens with one attached hydrogen (secondary N) is 2. The number of nitrogen functional groups attached to an aromatic ring is 1. The molecule has 0 heterocycles. The number of nitrogens with two attached hydrogens (primary N) is 1. The van der Waals surface area contributed by atoms with Gasteiger partial charge in [-0.2, -0.15) is 0 Å². The number of anilines is 1. The van der Waals surface area contributed by atoms with E-state index in [1.807, 2.05) is 0 Å². The minimum atomic E-state index is -3.94. The van der Waals surface area contributed by atoms with Crippen molar-refractivity contribution in [3.05, 3.63) is 102 Å². The van der Waals surface area contributed by atoms with Crippen LogP contribution in [0.1, 0.15) is 15.9 Å². The first-order valence-electron chi connectivity index (χ1n) is 10.9. The first-order valence-corrected chi connectivity index (χ1v) is 12.4. The second kappa shape index (κ2) is 10.4. The maximum atomic E-state index is 13.0. The standard InChI is InChI=1S/C27H23N3O6S/c1-35-19-11-13-21(14-12-19)37(33,34)30-18-8-15-25(36-20-9-6-17(7-10-20)26(28)29)24(16-18)22-4-2-3-5-23(22)27(31)32/h2-16,30H,1H3,(H3,28,29)(H,31,32). The highest BCUT2D eigenvalue weighted by Gasteiger charge is 2.19. The minimum Gasteiger partial charge on any atom is -0.497 e. The van der Waals surface area contributed by atoms with Crippen molar-refractivity contribution in [3.63, 3.8) is 0 Å². The van der Waals surface area contributed by atoms with Crippen LogP contribution in [0.15, 0.2) is 95.9 Å². The molecule has 0 spiro atoms. The number of sulfonamides is 1. The Morgan fingerprint density at radius 3 is 2.16 bits per heavy atom. The second-order valence-electron chi connectivity index (χ2n) is 7.88. The van der Waals surface area contributed by atoms with Gasteiger partial charge >= 0.3 is 5.97 Å². The summed E-state index contributed by atoms with van der Waals surface area (Å²) in [5.41, 5.74) is 6.97. The van der Waals surface area contributed by atoms with Gasteiger partial charge in [0.15, 0.2) is 0 Å². The Labute approximate surface area is 213 Å². The molecule has 0 saturated carbocycles. The number of carboxylic acids is 1. The van der Waals surface area contributed by atoms with Crippen molar-refractivity contribution >= 4 is 27.5 Å². The largest absolute Gasteiger partial charge is 0.497 e. The van der Waals surface area contributed by atoms with Gasteiger partial charge in [0.25, 0.3) is 10.0 Å².